The molecule has 0 heterocycles. The molecule has 646 valence electrons. The summed E-state index contributed by atoms with van der Waals surface area (Å²) in [6.45, 7) is 29.2. The highest BCUT2D eigenvalue weighted by Gasteiger charge is 2.71. The van der Waals surface area contributed by atoms with E-state index in [0.29, 0.717) is 27.1 Å². The summed E-state index contributed by atoms with van der Waals surface area (Å²) in [4.78, 5) is 5.58. The fraction of sp³-hybridized carbons (Fsp3) is 0.456. The molecule has 2 nitrogen and oxygen atoms in total. The van der Waals surface area contributed by atoms with Crippen molar-refractivity contribution >= 4 is 55.7 Å². The second kappa shape index (κ2) is 28.4. The molecule has 28 rings (SSSR count). The molecule has 0 aromatic heterocycles. The van der Waals surface area contributed by atoms with Gasteiger partial charge in [0.2, 0.25) is 0 Å². The van der Waals surface area contributed by atoms with Crippen LogP contribution in [0.5, 0.6) is 0 Å². The summed E-state index contributed by atoms with van der Waals surface area (Å²) in [5.74, 6) is 10.7. The minimum absolute atomic E-state index is 0.168. The fourth-order valence-corrected chi connectivity index (χ4v) is 32.8. The van der Waals surface area contributed by atoms with Gasteiger partial charge in [-0.2, -0.15) is 0 Å². The monoisotopic (exact) mass is 1670 g/mol. The average molecular weight is 1670 g/mol. The zero-order valence-corrected chi connectivity index (χ0v) is 78.4. The average Bonchev–Trinajstić information content (AvgIpc) is 1.50. The van der Waals surface area contributed by atoms with Gasteiger partial charge in [0.1, 0.15) is 0 Å². The van der Waals surface area contributed by atoms with Crippen LogP contribution >= 0.6 is 0 Å². The predicted octanol–water partition coefficient (Wildman–Crippen LogP) is 34.3. The third-order valence-corrected chi connectivity index (χ3v) is 37.6. The van der Waals surface area contributed by atoms with E-state index in [-0.39, 0.29) is 21.7 Å². The summed E-state index contributed by atoms with van der Waals surface area (Å²) < 4.78 is 0. The van der Waals surface area contributed by atoms with E-state index in [1.807, 2.05) is 0 Å². The zero-order chi connectivity index (χ0) is 86.0. The molecule has 0 saturated heterocycles. The van der Waals surface area contributed by atoms with Crippen LogP contribution in [0, 0.1) is 76.4 Å². The Labute approximate surface area is 760 Å². The molecule has 0 amide bonds. The van der Waals surface area contributed by atoms with E-state index in [9.17, 15) is 0 Å². The first-order chi connectivity index (χ1) is 61.0. The zero-order valence-electron chi connectivity index (χ0n) is 78.4. The molecule has 5 unspecified atom stereocenters. The first kappa shape index (κ1) is 79.9. The summed E-state index contributed by atoms with van der Waals surface area (Å²) in [5.41, 5.74) is 32.6. The molecular formula is C125H136N2. The molecule has 12 aromatic rings. The Hall–Kier alpha value is -9.24. The van der Waals surface area contributed by atoms with Crippen LogP contribution in [0.2, 0.25) is 0 Å². The van der Waals surface area contributed by atoms with Crippen molar-refractivity contribution in [2.75, 3.05) is 9.80 Å². The van der Waals surface area contributed by atoms with Crippen molar-refractivity contribution in [3.8, 4) is 55.6 Å². The third-order valence-electron chi connectivity index (χ3n) is 37.6. The van der Waals surface area contributed by atoms with Crippen molar-refractivity contribution in [1.29, 1.82) is 0 Å². The lowest BCUT2D eigenvalue weighted by Gasteiger charge is -2.57. The molecule has 0 N–H and O–H groups in total. The summed E-state index contributed by atoms with van der Waals surface area (Å²) in [6, 6.07) is 101. The van der Waals surface area contributed by atoms with Crippen LogP contribution in [0.4, 0.5) is 34.1 Å². The summed E-state index contributed by atoms with van der Waals surface area (Å²) in [7, 11) is 0. The van der Waals surface area contributed by atoms with Gasteiger partial charge in [-0.25, -0.2) is 0 Å². The SMILES string of the molecule is CC(C)(C)c1cc(N(c2cc(-c3ccc(C45CC6CC(CC(C6)C4)C5)cc3)cc(-c3ccc(C45CC6CC7CC(C4)C7(C6)C5)cc3)c2)c2c3ccccc3c(N(c3cc(-c4ccc(C56CC7CC(CC(C7)C5)C6)cc4)cc(-c4ccc(C56CC7CC(CC(C7)C5)C6)cc4)c3)c3cc(C(C)(C)C)cc(C(C)(C)C)c3)c3cc(-c4ccccc4)ccc23)cc(C(C)(C)C)c1. The number of fused-ring (bicyclic) bond motifs is 4. The maximum atomic E-state index is 2.79. The quantitative estimate of drug-likeness (QED) is 0.0746. The van der Waals surface area contributed by atoms with E-state index in [2.05, 4.69) is 336 Å². The molecule has 5 atom stereocenters. The lowest BCUT2D eigenvalue weighted by molar-refractivity contribution is -0.00530. The minimum Gasteiger partial charge on any atom is -0.309 e. The second-order valence-electron chi connectivity index (χ2n) is 50.1. The van der Waals surface area contributed by atoms with E-state index in [4.69, 9.17) is 0 Å². The maximum Gasteiger partial charge on any atom is 0.0620 e. The molecular weight excluding hydrogens is 1530 g/mol. The predicted molar refractivity (Wildman–Crippen MR) is 535 cm³/mol. The van der Waals surface area contributed by atoms with Gasteiger partial charge in [-0.15, -0.1) is 0 Å². The Morgan fingerprint density at radius 3 is 0.850 bits per heavy atom. The highest BCUT2D eigenvalue weighted by atomic mass is 15.2. The Morgan fingerprint density at radius 2 is 0.504 bits per heavy atom. The van der Waals surface area contributed by atoms with Crippen LogP contribution in [0.1, 0.15) is 282 Å². The molecule has 0 aliphatic heterocycles. The fourth-order valence-electron chi connectivity index (χ4n) is 32.8. The van der Waals surface area contributed by atoms with Crippen molar-refractivity contribution < 1.29 is 0 Å². The number of benzene rings is 12. The summed E-state index contributed by atoms with van der Waals surface area (Å²) >= 11 is 0. The van der Waals surface area contributed by atoms with Crippen molar-refractivity contribution in [2.45, 2.75) is 281 Å². The van der Waals surface area contributed by atoms with E-state index in [1.165, 1.54) is 288 Å². The molecule has 127 heavy (non-hydrogen) atoms. The van der Waals surface area contributed by atoms with Gasteiger partial charge in [0, 0.05) is 44.3 Å². The molecule has 12 aromatic carbocycles. The van der Waals surface area contributed by atoms with Crippen molar-refractivity contribution in [2.24, 2.45) is 76.4 Å². The second-order valence-corrected chi connectivity index (χ2v) is 50.1. The topological polar surface area (TPSA) is 6.48 Å². The van der Waals surface area contributed by atoms with Gasteiger partial charge in [-0.05, 0) is 441 Å². The first-order valence-electron chi connectivity index (χ1n) is 50.7. The first-order valence-corrected chi connectivity index (χ1v) is 50.7. The number of anilines is 6. The largest absolute Gasteiger partial charge is 0.309 e. The lowest BCUT2D eigenvalue weighted by atomic mass is 9.48. The van der Waals surface area contributed by atoms with Crippen LogP contribution in [-0.4, -0.2) is 0 Å². The normalized spacial score (nSPS) is 30.9. The maximum absolute atomic E-state index is 2.79. The molecule has 0 radical (unpaired) electrons. The van der Waals surface area contributed by atoms with Crippen molar-refractivity contribution in [3.05, 3.63) is 287 Å². The van der Waals surface area contributed by atoms with E-state index in [1.54, 1.807) is 22.3 Å². The third kappa shape index (κ3) is 13.2. The van der Waals surface area contributed by atoms with Crippen LogP contribution in [-0.2, 0) is 43.3 Å². The van der Waals surface area contributed by atoms with Gasteiger partial charge < -0.3 is 9.80 Å². The van der Waals surface area contributed by atoms with Crippen molar-refractivity contribution in [3.63, 3.8) is 0 Å². The summed E-state index contributed by atoms with van der Waals surface area (Å²) in [5, 5.41) is 4.84. The van der Waals surface area contributed by atoms with E-state index >= 15 is 0 Å². The Bertz CT molecular complexity index is 6100. The number of rotatable bonds is 15. The van der Waals surface area contributed by atoms with Crippen LogP contribution in [0.15, 0.2) is 243 Å². The molecule has 2 heteroatoms. The highest BCUT2D eigenvalue weighted by molar-refractivity contribution is 6.24. The highest BCUT2D eigenvalue weighted by Crippen LogP contribution is 2.79. The molecule has 16 aliphatic rings. The number of hydrogen-bond donors (Lipinski definition) is 0. The number of nitrogens with zero attached hydrogens (tertiary/aromatic N) is 2. The molecule has 16 saturated carbocycles. The molecule has 15 bridgehead atoms. The Kier molecular flexibility index (Phi) is 17.9. The minimum atomic E-state index is -0.172. The van der Waals surface area contributed by atoms with Gasteiger partial charge in [-0.1, -0.05) is 259 Å². The van der Waals surface area contributed by atoms with Crippen LogP contribution < -0.4 is 9.80 Å². The molecule has 1 spiro atoms. The van der Waals surface area contributed by atoms with E-state index < -0.39 is 0 Å². The van der Waals surface area contributed by atoms with Gasteiger partial charge >= 0.3 is 0 Å². The molecule has 16 fully saturated rings. The van der Waals surface area contributed by atoms with Crippen LogP contribution in [0.3, 0.4) is 0 Å². The van der Waals surface area contributed by atoms with Gasteiger partial charge in [-0.3, -0.25) is 0 Å². The van der Waals surface area contributed by atoms with Crippen molar-refractivity contribution in [1.82, 2.24) is 0 Å². The Morgan fingerprint density at radius 1 is 0.213 bits per heavy atom. The smallest absolute Gasteiger partial charge is 0.0620 e. The molecule has 16 aliphatic carbocycles. The standard InChI is InChI=1S/C125H136N2/c1-117(2,3)101-57-102(118(4,5)6)61-109(60-101)126(107-52-93(88-22-31-97(32-23-88)121-64-77-40-78(65-121)42-79(41-77)66-121)50-94(53-107)91-28-37-100(38-29-91)124-73-86-49-105-59-106(75-124)125(105,74-86)76-124)115-111-20-16-17-21-112(111)116(114-56-92(30-39-113(114)115)87-18-14-13-15-19-87)127(110-62-103(119(7,8)9)58-104(63-110)120(10,11)12)108-54-95(89-24-33-98(34-25-89)122-67-80-43-81(68-122)45-82(44-80)69-122)51-96(55-108)90-26-35-99(36-27-90)123-70-83-46-84(71-123)48-85(47-83)72-123/h13-39,50-58,60-63,77-86,105-106H,40-49,59,64-76H2,1-12H3. The van der Waals surface area contributed by atoms with E-state index in [0.717, 1.165) is 71.0 Å². The Balaban J connectivity index is 0.741. The summed E-state index contributed by atoms with van der Waals surface area (Å²) in [6.07, 6.45) is 34.0. The van der Waals surface area contributed by atoms with Gasteiger partial charge in [0.05, 0.1) is 11.4 Å². The van der Waals surface area contributed by atoms with Gasteiger partial charge in [0.25, 0.3) is 0 Å². The van der Waals surface area contributed by atoms with Crippen LogP contribution in [0.25, 0.3) is 77.2 Å². The number of hydrogen-bond acceptors (Lipinski definition) is 2. The lowest BCUT2D eigenvalue weighted by Crippen LogP contribution is -2.48. The van der Waals surface area contributed by atoms with Gasteiger partial charge in [0.15, 0.2) is 0 Å².